The molecule has 0 aliphatic carbocycles. The number of allylic oxidation sites excluding steroid dienone is 22. The quantitative estimate of drug-likeness (QED) is 0.0264. The molecule has 96 heavy (non-hydrogen) atoms. The maximum absolute atomic E-state index is 12.8. The molecule has 552 valence electrons. The number of carbonyl (C=O) groups is 2. The molecule has 0 bridgehead atoms. The summed E-state index contributed by atoms with van der Waals surface area (Å²) in [7, 11) is -4.41. The molecule has 3 N–H and O–H groups in total. The van der Waals surface area contributed by atoms with E-state index in [1.807, 2.05) is 0 Å². The van der Waals surface area contributed by atoms with Gasteiger partial charge in [0.2, 0.25) is 0 Å². The molecule has 0 radical (unpaired) electrons. The first-order valence-electron chi connectivity index (χ1n) is 40.2. The molecular formula is C86H150NO8P. The molecule has 0 rings (SSSR count). The third-order valence-corrected chi connectivity index (χ3v) is 18.3. The van der Waals surface area contributed by atoms with Gasteiger partial charge < -0.3 is 20.1 Å². The fraction of sp³-hybridized carbons (Fsp3) is 0.721. The van der Waals surface area contributed by atoms with Crippen molar-refractivity contribution in [2.24, 2.45) is 5.73 Å². The molecular weight excluding hydrogens is 1210 g/mol. The van der Waals surface area contributed by atoms with Crippen molar-refractivity contribution in [3.8, 4) is 0 Å². The minimum absolute atomic E-state index is 0.0424. The van der Waals surface area contributed by atoms with Crippen LogP contribution in [0.15, 0.2) is 134 Å². The predicted octanol–water partition coefficient (Wildman–Crippen LogP) is 27.1. The summed E-state index contributed by atoms with van der Waals surface area (Å²) < 4.78 is 33.2. The van der Waals surface area contributed by atoms with Gasteiger partial charge >= 0.3 is 19.8 Å². The molecule has 0 aromatic heterocycles. The Hall–Kier alpha value is -3.85. The van der Waals surface area contributed by atoms with Crippen LogP contribution in [0.5, 0.6) is 0 Å². The summed E-state index contributed by atoms with van der Waals surface area (Å²) in [4.78, 5) is 35.4. The fourth-order valence-corrected chi connectivity index (χ4v) is 12.2. The lowest BCUT2D eigenvalue weighted by Crippen LogP contribution is -2.29. The lowest BCUT2D eigenvalue weighted by Gasteiger charge is -2.19. The van der Waals surface area contributed by atoms with Crippen molar-refractivity contribution in [2.75, 3.05) is 26.4 Å². The van der Waals surface area contributed by atoms with Crippen molar-refractivity contribution in [3.63, 3.8) is 0 Å². The molecule has 0 fully saturated rings. The first-order valence-corrected chi connectivity index (χ1v) is 41.7. The number of hydrogen-bond acceptors (Lipinski definition) is 8. The second-order valence-corrected chi connectivity index (χ2v) is 28.0. The van der Waals surface area contributed by atoms with Gasteiger partial charge in [-0.3, -0.25) is 18.6 Å². The Labute approximate surface area is 593 Å². The highest BCUT2D eigenvalue weighted by molar-refractivity contribution is 7.47. The van der Waals surface area contributed by atoms with Gasteiger partial charge in [0, 0.05) is 19.4 Å². The molecule has 0 aliphatic rings. The van der Waals surface area contributed by atoms with Crippen LogP contribution in [0.4, 0.5) is 0 Å². The van der Waals surface area contributed by atoms with E-state index in [2.05, 4.69) is 148 Å². The van der Waals surface area contributed by atoms with E-state index in [0.29, 0.717) is 6.42 Å². The summed E-state index contributed by atoms with van der Waals surface area (Å²) >= 11 is 0. The number of unbranched alkanes of at least 4 members (excludes halogenated alkanes) is 40. The number of nitrogens with two attached hydrogens (primary N) is 1. The number of phosphoric acid groups is 1. The largest absolute Gasteiger partial charge is 0.472 e. The van der Waals surface area contributed by atoms with Crippen LogP contribution in [0.3, 0.4) is 0 Å². The molecule has 0 saturated heterocycles. The SMILES string of the molecule is CC/C=C\C/C=C\C/C=C\C/C=C\C/C=C\C/C=C\C/C=C\C/C=C\C/C=C\C/C=C\C/C=C\CCCCCC(=O)OC(COC(=O)CCCCCCCCCCCCCCCCCCCCCCCCCCCCCCCCCCCCCCCC)COP(=O)(O)OCCN. The van der Waals surface area contributed by atoms with Crippen LogP contribution in [0.1, 0.15) is 367 Å². The Balaban J connectivity index is 3.89. The number of ether oxygens (including phenoxy) is 2. The first kappa shape index (κ1) is 92.2. The van der Waals surface area contributed by atoms with Gasteiger partial charge in [0.1, 0.15) is 6.61 Å². The predicted molar refractivity (Wildman–Crippen MR) is 417 cm³/mol. The first-order chi connectivity index (χ1) is 47.3. The van der Waals surface area contributed by atoms with E-state index in [9.17, 15) is 19.0 Å². The van der Waals surface area contributed by atoms with Crippen molar-refractivity contribution >= 4 is 19.8 Å². The van der Waals surface area contributed by atoms with Gasteiger partial charge in [-0.05, 0) is 96.3 Å². The zero-order valence-electron chi connectivity index (χ0n) is 62.3. The van der Waals surface area contributed by atoms with Crippen LogP contribution < -0.4 is 5.73 Å². The van der Waals surface area contributed by atoms with Gasteiger partial charge in [0.25, 0.3) is 0 Å². The molecule has 0 saturated carbocycles. The van der Waals surface area contributed by atoms with Gasteiger partial charge in [-0.25, -0.2) is 4.57 Å². The van der Waals surface area contributed by atoms with E-state index in [1.54, 1.807) is 0 Å². The Kier molecular flexibility index (Phi) is 76.9. The summed E-state index contributed by atoms with van der Waals surface area (Å²) in [5.74, 6) is -0.861. The molecule has 0 aliphatic heterocycles. The van der Waals surface area contributed by atoms with Gasteiger partial charge in [0.15, 0.2) is 6.10 Å². The van der Waals surface area contributed by atoms with Crippen LogP contribution in [-0.4, -0.2) is 49.3 Å². The van der Waals surface area contributed by atoms with Crippen molar-refractivity contribution < 1.29 is 37.6 Å². The van der Waals surface area contributed by atoms with E-state index < -0.39 is 26.5 Å². The highest BCUT2D eigenvalue weighted by Gasteiger charge is 2.26. The Morgan fingerprint density at radius 3 is 0.854 bits per heavy atom. The maximum Gasteiger partial charge on any atom is 0.472 e. The number of hydrogen-bond donors (Lipinski definition) is 2. The fourth-order valence-electron chi connectivity index (χ4n) is 11.4. The number of rotatable bonds is 75. The van der Waals surface area contributed by atoms with Gasteiger partial charge in [-0.2, -0.15) is 0 Å². The van der Waals surface area contributed by atoms with E-state index in [0.717, 1.165) is 109 Å². The monoisotopic (exact) mass is 1360 g/mol. The molecule has 10 heteroatoms. The van der Waals surface area contributed by atoms with Crippen LogP contribution in [0.25, 0.3) is 0 Å². The smallest absolute Gasteiger partial charge is 0.462 e. The number of phosphoric ester groups is 1. The molecule has 0 amide bonds. The summed E-state index contributed by atoms with van der Waals surface area (Å²) in [6.07, 6.45) is 115. The van der Waals surface area contributed by atoms with Gasteiger partial charge in [0.05, 0.1) is 13.2 Å². The highest BCUT2D eigenvalue weighted by atomic mass is 31.2. The Morgan fingerprint density at radius 1 is 0.323 bits per heavy atom. The molecule has 0 heterocycles. The lowest BCUT2D eigenvalue weighted by molar-refractivity contribution is -0.161. The van der Waals surface area contributed by atoms with Gasteiger partial charge in [-0.1, -0.05) is 392 Å². The van der Waals surface area contributed by atoms with Crippen LogP contribution >= 0.6 is 7.82 Å². The van der Waals surface area contributed by atoms with E-state index in [1.165, 1.54) is 225 Å². The zero-order chi connectivity index (χ0) is 69.3. The average Bonchev–Trinajstić information content (AvgIpc) is 1.90. The Bertz CT molecular complexity index is 2050. The zero-order valence-corrected chi connectivity index (χ0v) is 63.2. The summed E-state index contributed by atoms with van der Waals surface area (Å²) in [6, 6.07) is 0. The Morgan fingerprint density at radius 2 is 0.573 bits per heavy atom. The molecule has 2 atom stereocenters. The van der Waals surface area contributed by atoms with Gasteiger partial charge in [-0.15, -0.1) is 0 Å². The second kappa shape index (κ2) is 80.1. The summed E-state index contributed by atoms with van der Waals surface area (Å²) in [5, 5.41) is 0. The van der Waals surface area contributed by atoms with Crippen molar-refractivity contribution in [3.05, 3.63) is 134 Å². The van der Waals surface area contributed by atoms with Crippen LogP contribution in [-0.2, 0) is 32.7 Å². The van der Waals surface area contributed by atoms with Crippen molar-refractivity contribution in [2.45, 2.75) is 373 Å². The average molecular weight is 1360 g/mol. The van der Waals surface area contributed by atoms with E-state index in [-0.39, 0.29) is 38.6 Å². The summed E-state index contributed by atoms with van der Waals surface area (Å²) in [6.45, 7) is 3.63. The van der Waals surface area contributed by atoms with E-state index in [4.69, 9.17) is 24.3 Å². The van der Waals surface area contributed by atoms with Crippen molar-refractivity contribution in [1.29, 1.82) is 0 Å². The third kappa shape index (κ3) is 79.1. The van der Waals surface area contributed by atoms with E-state index >= 15 is 0 Å². The minimum Gasteiger partial charge on any atom is -0.462 e. The molecule has 0 aromatic rings. The number of carbonyl (C=O) groups excluding carboxylic acids is 2. The molecule has 0 aromatic carbocycles. The normalized spacial score (nSPS) is 13.6. The third-order valence-electron chi connectivity index (χ3n) is 17.3. The van der Waals surface area contributed by atoms with Crippen molar-refractivity contribution in [1.82, 2.24) is 0 Å². The van der Waals surface area contributed by atoms with Crippen LogP contribution in [0.2, 0.25) is 0 Å². The lowest BCUT2D eigenvalue weighted by atomic mass is 10.0. The maximum atomic E-state index is 12.8. The standard InChI is InChI=1S/C86H150NO8P/c1-3-5-7-9-11-13-15-17-19-21-23-25-27-29-31-33-35-37-39-41-43-44-46-48-50-52-54-56-58-60-62-64-66-68-70-72-74-76-78-85(88)92-82-84(83-94-96(90,91)93-81-80-87)95-86(89)79-77-75-73-71-69-67-65-63-61-59-57-55-53-51-49-47-45-42-40-38-36-34-32-30-28-26-24-22-20-18-16-14-12-10-8-6-4-2/h6,8,12,14,18,20,24,26,30,32,36,38,42,45,49,51,55,57,61,63,67,69,84H,3-5,7,9-11,13,15-17,19,21-23,25,27-29,31,33-35,37,39-41,43-44,46-48,50,52-54,56,58-60,62,64-66,68,70-83,87H2,1-2H3,(H,90,91)/b8-6-,14-12-,20-18-,26-24-,32-30-,38-36-,45-42-,51-49-,57-55-,63-61-,69-67-. The molecule has 0 spiro atoms. The highest BCUT2D eigenvalue weighted by Crippen LogP contribution is 2.43. The second-order valence-electron chi connectivity index (χ2n) is 26.6. The minimum atomic E-state index is -4.41. The topological polar surface area (TPSA) is 134 Å². The molecule has 2 unspecified atom stereocenters. The number of esters is 2. The van der Waals surface area contributed by atoms with Crippen LogP contribution in [0, 0.1) is 0 Å². The summed E-state index contributed by atoms with van der Waals surface area (Å²) in [5.41, 5.74) is 5.41. The molecule has 9 nitrogen and oxygen atoms in total.